The number of amides is 1. The van der Waals surface area contributed by atoms with E-state index in [1.807, 2.05) is 0 Å². The van der Waals surface area contributed by atoms with Crippen molar-refractivity contribution in [2.45, 2.75) is 52.5 Å². The Labute approximate surface area is 105 Å². The summed E-state index contributed by atoms with van der Waals surface area (Å²) >= 11 is 0. The first-order chi connectivity index (χ1) is 7.94. The average Bonchev–Trinajstić information content (AvgIpc) is 2.70. The number of hydrogen-bond acceptors (Lipinski definition) is 2. The molecule has 1 aliphatic carbocycles. The van der Waals surface area contributed by atoms with E-state index < -0.39 is 0 Å². The van der Waals surface area contributed by atoms with Crippen LogP contribution in [-0.2, 0) is 4.79 Å². The van der Waals surface area contributed by atoms with Crippen molar-refractivity contribution >= 4 is 5.91 Å². The molecule has 0 bridgehead atoms. The Morgan fingerprint density at radius 3 is 2.59 bits per heavy atom. The minimum Gasteiger partial charge on any atom is -0.342 e. The molecule has 1 heterocycles. The summed E-state index contributed by atoms with van der Waals surface area (Å²) in [4.78, 5) is 14.5. The van der Waals surface area contributed by atoms with E-state index >= 15 is 0 Å². The normalized spacial score (nSPS) is 33.6. The highest BCUT2D eigenvalue weighted by Crippen LogP contribution is 2.37. The van der Waals surface area contributed by atoms with E-state index in [1.165, 1.54) is 6.42 Å². The lowest BCUT2D eigenvalue weighted by Gasteiger charge is -2.28. The quantitative estimate of drug-likeness (QED) is 0.800. The molecule has 1 saturated heterocycles. The van der Waals surface area contributed by atoms with Crippen molar-refractivity contribution in [1.82, 2.24) is 4.90 Å². The van der Waals surface area contributed by atoms with Gasteiger partial charge in [0.05, 0.1) is 0 Å². The average molecular weight is 238 g/mol. The van der Waals surface area contributed by atoms with Crippen molar-refractivity contribution in [1.29, 1.82) is 0 Å². The molecule has 3 atom stereocenters. The SMILES string of the molecule is CCC(C)(C)C(=O)N1C[C@H]2CCC(N)C[C@H]2C1. The predicted octanol–water partition coefficient (Wildman–Crippen LogP) is 2.01. The maximum absolute atomic E-state index is 12.4. The predicted molar refractivity (Wildman–Crippen MR) is 69.5 cm³/mol. The fourth-order valence-corrected chi connectivity index (χ4v) is 3.21. The summed E-state index contributed by atoms with van der Waals surface area (Å²) in [7, 11) is 0. The van der Waals surface area contributed by atoms with Crippen LogP contribution in [0.2, 0.25) is 0 Å². The van der Waals surface area contributed by atoms with Gasteiger partial charge in [-0.25, -0.2) is 0 Å². The van der Waals surface area contributed by atoms with Crippen LogP contribution in [0.3, 0.4) is 0 Å². The first-order valence-electron chi connectivity index (χ1n) is 6.99. The summed E-state index contributed by atoms with van der Waals surface area (Å²) in [5.41, 5.74) is 5.82. The van der Waals surface area contributed by atoms with Crippen LogP contribution in [-0.4, -0.2) is 29.9 Å². The second-order valence-corrected chi connectivity index (χ2v) is 6.54. The smallest absolute Gasteiger partial charge is 0.228 e. The second kappa shape index (κ2) is 4.60. The number of carbonyl (C=O) groups is 1. The van der Waals surface area contributed by atoms with Gasteiger partial charge in [-0.15, -0.1) is 0 Å². The van der Waals surface area contributed by atoms with E-state index in [1.54, 1.807) is 0 Å². The van der Waals surface area contributed by atoms with E-state index in [2.05, 4.69) is 25.7 Å². The molecule has 1 aliphatic heterocycles. The molecular formula is C14H26N2O. The van der Waals surface area contributed by atoms with Gasteiger partial charge in [0.1, 0.15) is 0 Å². The summed E-state index contributed by atoms with van der Waals surface area (Å²) in [5.74, 6) is 1.71. The first kappa shape index (κ1) is 12.9. The van der Waals surface area contributed by atoms with Gasteiger partial charge in [0.25, 0.3) is 0 Å². The number of likely N-dealkylation sites (tertiary alicyclic amines) is 1. The summed E-state index contributed by atoms with van der Waals surface area (Å²) in [6.45, 7) is 8.13. The van der Waals surface area contributed by atoms with Gasteiger partial charge in [0.15, 0.2) is 0 Å². The first-order valence-corrected chi connectivity index (χ1v) is 6.99. The second-order valence-electron chi connectivity index (χ2n) is 6.54. The van der Waals surface area contributed by atoms with Crippen LogP contribution < -0.4 is 5.73 Å². The summed E-state index contributed by atoms with van der Waals surface area (Å²) in [6, 6.07) is 0.366. The third kappa shape index (κ3) is 2.49. The van der Waals surface area contributed by atoms with E-state index in [4.69, 9.17) is 5.73 Å². The van der Waals surface area contributed by atoms with Crippen molar-refractivity contribution in [2.24, 2.45) is 23.0 Å². The van der Waals surface area contributed by atoms with Crippen molar-refractivity contribution in [3.05, 3.63) is 0 Å². The molecule has 1 saturated carbocycles. The maximum atomic E-state index is 12.4. The molecule has 0 radical (unpaired) electrons. The van der Waals surface area contributed by atoms with Crippen molar-refractivity contribution < 1.29 is 4.79 Å². The van der Waals surface area contributed by atoms with Crippen LogP contribution in [0.5, 0.6) is 0 Å². The molecule has 2 fully saturated rings. The van der Waals surface area contributed by atoms with E-state index in [-0.39, 0.29) is 5.41 Å². The highest BCUT2D eigenvalue weighted by atomic mass is 16.2. The number of hydrogen-bond donors (Lipinski definition) is 1. The highest BCUT2D eigenvalue weighted by Gasteiger charge is 2.41. The Morgan fingerprint density at radius 2 is 1.94 bits per heavy atom. The lowest BCUT2D eigenvalue weighted by atomic mass is 9.79. The van der Waals surface area contributed by atoms with Crippen LogP contribution in [0.25, 0.3) is 0 Å². The molecule has 1 amide bonds. The summed E-state index contributed by atoms with van der Waals surface area (Å²) in [5, 5.41) is 0. The lowest BCUT2D eigenvalue weighted by molar-refractivity contribution is -0.139. The fourth-order valence-electron chi connectivity index (χ4n) is 3.21. The third-order valence-electron chi connectivity index (χ3n) is 4.84. The molecule has 2 N–H and O–H groups in total. The largest absolute Gasteiger partial charge is 0.342 e. The Morgan fingerprint density at radius 1 is 1.29 bits per heavy atom. The Balaban J connectivity index is 2.00. The number of nitrogens with two attached hydrogens (primary N) is 1. The van der Waals surface area contributed by atoms with Gasteiger partial charge in [0.2, 0.25) is 5.91 Å². The number of carbonyl (C=O) groups excluding carboxylic acids is 1. The molecule has 3 heteroatoms. The molecular weight excluding hydrogens is 212 g/mol. The Hall–Kier alpha value is -0.570. The zero-order valence-corrected chi connectivity index (χ0v) is 11.4. The topological polar surface area (TPSA) is 46.3 Å². The van der Waals surface area contributed by atoms with Crippen LogP contribution in [0.15, 0.2) is 0 Å². The molecule has 1 unspecified atom stereocenters. The molecule has 0 aromatic rings. The molecule has 17 heavy (non-hydrogen) atoms. The maximum Gasteiger partial charge on any atom is 0.228 e. The van der Waals surface area contributed by atoms with E-state index in [9.17, 15) is 4.79 Å². The van der Waals surface area contributed by atoms with Crippen LogP contribution >= 0.6 is 0 Å². The Bertz CT molecular complexity index is 301. The summed E-state index contributed by atoms with van der Waals surface area (Å²) in [6.07, 6.45) is 4.38. The monoisotopic (exact) mass is 238 g/mol. The van der Waals surface area contributed by atoms with Crippen molar-refractivity contribution in [2.75, 3.05) is 13.1 Å². The molecule has 0 aromatic heterocycles. The van der Waals surface area contributed by atoms with Gasteiger partial charge in [-0.05, 0) is 37.5 Å². The number of rotatable bonds is 2. The van der Waals surface area contributed by atoms with Crippen molar-refractivity contribution in [3.63, 3.8) is 0 Å². The number of fused-ring (bicyclic) bond motifs is 1. The molecule has 3 nitrogen and oxygen atoms in total. The van der Waals surface area contributed by atoms with Gasteiger partial charge in [0, 0.05) is 24.5 Å². The minimum absolute atomic E-state index is 0.199. The van der Waals surface area contributed by atoms with Gasteiger partial charge in [-0.1, -0.05) is 20.8 Å². The minimum atomic E-state index is -0.199. The van der Waals surface area contributed by atoms with Gasteiger partial charge < -0.3 is 10.6 Å². The Kier molecular flexibility index (Phi) is 3.48. The standard InChI is InChI=1S/C14H26N2O/c1-4-14(2,3)13(17)16-8-10-5-6-12(15)7-11(10)9-16/h10-12H,4-9,15H2,1-3H3/t10-,11+,12?/m1/s1. The lowest BCUT2D eigenvalue weighted by Crippen LogP contribution is -2.39. The van der Waals surface area contributed by atoms with E-state index in [0.717, 1.165) is 32.4 Å². The molecule has 2 rings (SSSR count). The van der Waals surface area contributed by atoms with Crippen molar-refractivity contribution in [3.8, 4) is 0 Å². The van der Waals surface area contributed by atoms with Gasteiger partial charge in [-0.2, -0.15) is 0 Å². The highest BCUT2D eigenvalue weighted by molar-refractivity contribution is 5.82. The van der Waals surface area contributed by atoms with E-state index in [0.29, 0.717) is 23.8 Å². The molecule has 0 spiro atoms. The van der Waals surface area contributed by atoms with Gasteiger partial charge >= 0.3 is 0 Å². The molecule has 98 valence electrons. The van der Waals surface area contributed by atoms with Crippen LogP contribution in [0.4, 0.5) is 0 Å². The molecule has 0 aromatic carbocycles. The zero-order chi connectivity index (χ0) is 12.6. The number of nitrogens with zero attached hydrogens (tertiary/aromatic N) is 1. The molecule has 2 aliphatic rings. The van der Waals surface area contributed by atoms with Crippen LogP contribution in [0, 0.1) is 17.3 Å². The van der Waals surface area contributed by atoms with Gasteiger partial charge in [-0.3, -0.25) is 4.79 Å². The summed E-state index contributed by atoms with van der Waals surface area (Å²) < 4.78 is 0. The third-order valence-corrected chi connectivity index (χ3v) is 4.84. The van der Waals surface area contributed by atoms with Crippen LogP contribution in [0.1, 0.15) is 46.5 Å². The fraction of sp³-hybridized carbons (Fsp3) is 0.929. The zero-order valence-electron chi connectivity index (χ0n) is 11.4.